The van der Waals surface area contributed by atoms with Crippen LogP contribution in [0, 0.1) is 5.92 Å². The van der Waals surface area contributed by atoms with Crippen LogP contribution in [0.15, 0.2) is 48.5 Å². The van der Waals surface area contributed by atoms with Crippen molar-refractivity contribution in [2.24, 2.45) is 5.92 Å². The van der Waals surface area contributed by atoms with Gasteiger partial charge in [0.25, 0.3) is 0 Å². The van der Waals surface area contributed by atoms with Gasteiger partial charge in [0.15, 0.2) is 0 Å². The summed E-state index contributed by atoms with van der Waals surface area (Å²) in [6.45, 7) is 2.57. The Balaban J connectivity index is 1.16. The Bertz CT molecular complexity index is 1070. The van der Waals surface area contributed by atoms with Crippen LogP contribution in [-0.4, -0.2) is 66.3 Å². The SMILES string of the molecule is O=C(O)CC(NC(=O)OCC1c2ccccc2-c2ccccc21)C(=O)NCC1CCN(C2CC2)C1. The Morgan fingerprint density at radius 1 is 1.00 bits per heavy atom. The number of alkyl carbamates (subject to hydrolysis) is 1. The number of benzene rings is 2. The summed E-state index contributed by atoms with van der Waals surface area (Å²) in [6, 6.07) is 15.5. The molecule has 0 spiro atoms. The molecule has 2 aliphatic carbocycles. The molecule has 1 saturated heterocycles. The van der Waals surface area contributed by atoms with Crippen LogP contribution in [0.2, 0.25) is 0 Å². The average Bonchev–Trinajstić information content (AvgIpc) is 3.51. The fourth-order valence-corrected chi connectivity index (χ4v) is 5.33. The maximum atomic E-state index is 12.7. The van der Waals surface area contributed by atoms with Crippen molar-refractivity contribution in [3.05, 3.63) is 59.7 Å². The predicted molar refractivity (Wildman–Crippen MR) is 130 cm³/mol. The molecule has 0 bridgehead atoms. The van der Waals surface area contributed by atoms with Crippen LogP contribution in [-0.2, 0) is 14.3 Å². The highest BCUT2D eigenvalue weighted by Gasteiger charge is 2.35. The Kier molecular flexibility index (Phi) is 6.72. The van der Waals surface area contributed by atoms with Crippen molar-refractivity contribution < 1.29 is 24.2 Å². The minimum absolute atomic E-state index is 0.0976. The summed E-state index contributed by atoms with van der Waals surface area (Å²) in [5.74, 6) is -1.42. The minimum Gasteiger partial charge on any atom is -0.481 e. The summed E-state index contributed by atoms with van der Waals surface area (Å²) < 4.78 is 5.50. The van der Waals surface area contributed by atoms with Gasteiger partial charge < -0.3 is 25.4 Å². The molecule has 184 valence electrons. The highest BCUT2D eigenvalue weighted by Crippen LogP contribution is 2.44. The number of likely N-dealkylation sites (tertiary alicyclic amines) is 1. The molecule has 2 fully saturated rings. The fraction of sp³-hybridized carbons (Fsp3) is 0.444. The van der Waals surface area contributed by atoms with Crippen LogP contribution in [0.4, 0.5) is 4.79 Å². The number of aliphatic carboxylic acids is 1. The molecular weight excluding hydrogens is 446 g/mol. The Morgan fingerprint density at radius 2 is 1.66 bits per heavy atom. The second-order valence-electron chi connectivity index (χ2n) is 9.75. The lowest BCUT2D eigenvalue weighted by molar-refractivity contribution is -0.139. The van der Waals surface area contributed by atoms with Gasteiger partial charge >= 0.3 is 12.1 Å². The molecular formula is C27H31N3O5. The third-order valence-electron chi connectivity index (χ3n) is 7.28. The lowest BCUT2D eigenvalue weighted by atomic mass is 9.98. The number of nitrogens with zero attached hydrogens (tertiary/aromatic N) is 1. The number of ether oxygens (including phenoxy) is 1. The number of hydrogen-bond acceptors (Lipinski definition) is 5. The Morgan fingerprint density at radius 3 is 2.29 bits per heavy atom. The maximum absolute atomic E-state index is 12.7. The summed E-state index contributed by atoms with van der Waals surface area (Å²) >= 11 is 0. The number of carboxylic acid groups (broad SMARTS) is 1. The standard InChI is InChI=1S/C27H31N3O5/c31-25(32)13-24(26(33)28-14-17-11-12-30(15-17)18-9-10-18)29-27(34)35-16-23-21-7-3-1-5-19(21)20-6-2-4-8-22(20)23/h1-8,17-18,23-24H,9-16H2,(H,28,33)(H,29,34)(H,31,32). The lowest BCUT2D eigenvalue weighted by Crippen LogP contribution is -2.49. The molecule has 0 radical (unpaired) electrons. The number of nitrogens with one attached hydrogen (secondary N) is 2. The number of hydrogen-bond donors (Lipinski definition) is 3. The van der Waals surface area contributed by atoms with Crippen molar-refractivity contribution in [2.75, 3.05) is 26.2 Å². The summed E-state index contributed by atoms with van der Waals surface area (Å²) in [4.78, 5) is 39.1. The molecule has 1 heterocycles. The lowest BCUT2D eigenvalue weighted by Gasteiger charge is -2.20. The molecule has 2 unspecified atom stereocenters. The van der Waals surface area contributed by atoms with Crippen LogP contribution in [0.5, 0.6) is 0 Å². The number of carbonyl (C=O) groups excluding carboxylic acids is 2. The first kappa shape index (κ1) is 23.4. The Labute approximate surface area is 204 Å². The number of fused-ring (bicyclic) bond motifs is 3. The number of rotatable bonds is 9. The van der Waals surface area contributed by atoms with Gasteiger partial charge in [0.2, 0.25) is 5.91 Å². The third-order valence-corrected chi connectivity index (χ3v) is 7.28. The molecule has 3 aliphatic rings. The molecule has 1 saturated carbocycles. The zero-order valence-electron chi connectivity index (χ0n) is 19.6. The van der Waals surface area contributed by atoms with Gasteiger partial charge in [0.05, 0.1) is 6.42 Å². The molecule has 1 aliphatic heterocycles. The average molecular weight is 478 g/mol. The molecule has 2 aromatic rings. The van der Waals surface area contributed by atoms with Gasteiger partial charge in [-0.2, -0.15) is 0 Å². The monoisotopic (exact) mass is 477 g/mol. The van der Waals surface area contributed by atoms with Crippen molar-refractivity contribution in [2.45, 2.75) is 43.7 Å². The van der Waals surface area contributed by atoms with Gasteiger partial charge in [0.1, 0.15) is 12.6 Å². The third kappa shape index (κ3) is 5.32. The molecule has 2 aromatic carbocycles. The van der Waals surface area contributed by atoms with E-state index in [1.54, 1.807) is 0 Å². The second kappa shape index (κ2) is 10.1. The molecule has 3 N–H and O–H groups in total. The van der Waals surface area contributed by atoms with Gasteiger partial charge in [-0.05, 0) is 54.0 Å². The molecule has 8 heteroatoms. The maximum Gasteiger partial charge on any atom is 0.407 e. The molecule has 2 atom stereocenters. The minimum atomic E-state index is -1.19. The fourth-order valence-electron chi connectivity index (χ4n) is 5.33. The van der Waals surface area contributed by atoms with Crippen molar-refractivity contribution >= 4 is 18.0 Å². The summed E-state index contributed by atoms with van der Waals surface area (Å²) in [5, 5.41) is 14.6. The van der Waals surface area contributed by atoms with E-state index in [1.807, 2.05) is 36.4 Å². The van der Waals surface area contributed by atoms with E-state index in [4.69, 9.17) is 4.74 Å². The van der Waals surface area contributed by atoms with E-state index >= 15 is 0 Å². The van der Waals surface area contributed by atoms with Gasteiger partial charge in [0, 0.05) is 25.0 Å². The van der Waals surface area contributed by atoms with E-state index in [0.717, 1.165) is 41.8 Å². The van der Waals surface area contributed by atoms with E-state index in [-0.39, 0.29) is 12.5 Å². The van der Waals surface area contributed by atoms with Crippen molar-refractivity contribution in [3.63, 3.8) is 0 Å². The van der Waals surface area contributed by atoms with Crippen LogP contribution in [0.25, 0.3) is 11.1 Å². The molecule has 8 nitrogen and oxygen atoms in total. The first-order chi connectivity index (χ1) is 17.0. The van der Waals surface area contributed by atoms with Crippen LogP contribution in [0.3, 0.4) is 0 Å². The van der Waals surface area contributed by atoms with Crippen molar-refractivity contribution in [1.82, 2.24) is 15.5 Å². The number of carbonyl (C=O) groups is 3. The van der Waals surface area contributed by atoms with E-state index in [0.29, 0.717) is 18.5 Å². The van der Waals surface area contributed by atoms with Crippen LogP contribution < -0.4 is 10.6 Å². The number of carboxylic acids is 1. The number of amides is 2. The van der Waals surface area contributed by atoms with Crippen molar-refractivity contribution in [3.8, 4) is 11.1 Å². The first-order valence-corrected chi connectivity index (χ1v) is 12.3. The van der Waals surface area contributed by atoms with Gasteiger partial charge in [-0.3, -0.25) is 9.59 Å². The molecule has 2 amide bonds. The van der Waals surface area contributed by atoms with E-state index < -0.39 is 30.4 Å². The van der Waals surface area contributed by atoms with E-state index in [2.05, 4.69) is 27.7 Å². The van der Waals surface area contributed by atoms with E-state index in [1.165, 1.54) is 12.8 Å². The molecule has 5 rings (SSSR count). The van der Waals surface area contributed by atoms with Crippen molar-refractivity contribution in [1.29, 1.82) is 0 Å². The molecule has 35 heavy (non-hydrogen) atoms. The highest BCUT2D eigenvalue weighted by molar-refractivity contribution is 5.89. The van der Waals surface area contributed by atoms with Crippen LogP contribution >= 0.6 is 0 Å². The largest absolute Gasteiger partial charge is 0.481 e. The van der Waals surface area contributed by atoms with Gasteiger partial charge in [-0.1, -0.05) is 48.5 Å². The predicted octanol–water partition coefficient (Wildman–Crippen LogP) is 2.97. The van der Waals surface area contributed by atoms with E-state index in [9.17, 15) is 19.5 Å². The summed E-state index contributed by atoms with van der Waals surface area (Å²) in [7, 11) is 0. The smallest absolute Gasteiger partial charge is 0.407 e. The van der Waals surface area contributed by atoms with Crippen LogP contribution in [0.1, 0.15) is 42.7 Å². The first-order valence-electron chi connectivity index (χ1n) is 12.3. The zero-order chi connectivity index (χ0) is 24.4. The molecule has 0 aromatic heterocycles. The van der Waals surface area contributed by atoms with Gasteiger partial charge in [-0.15, -0.1) is 0 Å². The zero-order valence-corrected chi connectivity index (χ0v) is 19.6. The summed E-state index contributed by atoms with van der Waals surface area (Å²) in [5.41, 5.74) is 4.40. The second-order valence-corrected chi connectivity index (χ2v) is 9.75. The van der Waals surface area contributed by atoms with Gasteiger partial charge in [-0.25, -0.2) is 4.79 Å². The quantitative estimate of drug-likeness (QED) is 0.513. The summed E-state index contributed by atoms with van der Waals surface area (Å²) in [6.07, 6.45) is 2.22. The topological polar surface area (TPSA) is 108 Å². The normalized spacial score (nSPS) is 20.1. The Hall–Kier alpha value is -3.39. The highest BCUT2D eigenvalue weighted by atomic mass is 16.5.